The van der Waals surface area contributed by atoms with Gasteiger partial charge >= 0.3 is 0 Å². The molecule has 2 N–H and O–H groups in total. The largest absolute Gasteiger partial charge is 0.497 e. The molecule has 1 saturated carbocycles. The van der Waals surface area contributed by atoms with Crippen LogP contribution in [0.25, 0.3) is 0 Å². The van der Waals surface area contributed by atoms with E-state index in [1.54, 1.807) is 7.11 Å². The van der Waals surface area contributed by atoms with Crippen LogP contribution in [-0.4, -0.2) is 32.1 Å². The van der Waals surface area contributed by atoms with E-state index in [4.69, 9.17) is 4.74 Å². The molecule has 1 fully saturated rings. The second-order valence-corrected chi connectivity index (χ2v) is 8.19. The Bertz CT molecular complexity index is 534. The lowest BCUT2D eigenvalue weighted by molar-refractivity contribution is -0.120. The van der Waals surface area contributed by atoms with Crippen molar-refractivity contribution >= 4 is 5.91 Å². The summed E-state index contributed by atoms with van der Waals surface area (Å²) >= 11 is 0. The highest BCUT2D eigenvalue weighted by molar-refractivity contribution is 5.78. The standard InChI is InChI=1S/C21H34N2O2/c1-21(2,3)18-7-5-6-8-19(18)23-15-20(24)22-14-13-16-9-11-17(25-4)12-10-16/h9-12,18-19,23H,5-8,13-15H2,1-4H3,(H,22,24). The number of methoxy groups -OCH3 is 1. The van der Waals surface area contributed by atoms with Crippen LogP contribution in [-0.2, 0) is 11.2 Å². The van der Waals surface area contributed by atoms with Gasteiger partial charge in [-0.05, 0) is 48.3 Å². The van der Waals surface area contributed by atoms with E-state index in [1.165, 1.54) is 31.2 Å². The van der Waals surface area contributed by atoms with E-state index in [2.05, 4.69) is 31.4 Å². The van der Waals surface area contributed by atoms with Crippen molar-refractivity contribution in [3.05, 3.63) is 29.8 Å². The fraction of sp³-hybridized carbons (Fsp3) is 0.667. The molecular weight excluding hydrogens is 312 g/mol. The normalized spacial score (nSPS) is 21.0. The third-order valence-electron chi connectivity index (χ3n) is 5.30. The van der Waals surface area contributed by atoms with Gasteiger partial charge in [0.1, 0.15) is 5.75 Å². The smallest absolute Gasteiger partial charge is 0.233 e. The summed E-state index contributed by atoms with van der Waals surface area (Å²) in [6.45, 7) is 8.02. The zero-order chi connectivity index (χ0) is 18.3. The second kappa shape index (κ2) is 9.23. The summed E-state index contributed by atoms with van der Waals surface area (Å²) in [7, 11) is 1.67. The summed E-state index contributed by atoms with van der Waals surface area (Å²) in [5, 5.41) is 6.53. The number of ether oxygens (including phenoxy) is 1. The molecule has 1 aromatic carbocycles. The van der Waals surface area contributed by atoms with Gasteiger partial charge in [-0.2, -0.15) is 0 Å². The van der Waals surface area contributed by atoms with Gasteiger partial charge in [-0.15, -0.1) is 0 Å². The predicted octanol–water partition coefficient (Wildman–Crippen LogP) is 3.55. The molecule has 0 aliphatic heterocycles. The molecule has 1 aliphatic rings. The number of benzene rings is 1. The van der Waals surface area contributed by atoms with Crippen molar-refractivity contribution in [3.63, 3.8) is 0 Å². The SMILES string of the molecule is COc1ccc(CCNC(=O)CNC2CCCCC2C(C)(C)C)cc1. The Morgan fingerprint density at radius 3 is 2.48 bits per heavy atom. The van der Waals surface area contributed by atoms with Gasteiger partial charge in [-0.3, -0.25) is 4.79 Å². The minimum absolute atomic E-state index is 0.0896. The van der Waals surface area contributed by atoms with Crippen LogP contribution in [0.3, 0.4) is 0 Å². The van der Waals surface area contributed by atoms with Gasteiger partial charge in [0.15, 0.2) is 0 Å². The minimum Gasteiger partial charge on any atom is -0.497 e. The van der Waals surface area contributed by atoms with Gasteiger partial charge in [-0.1, -0.05) is 45.7 Å². The molecule has 0 radical (unpaired) electrons. The first-order chi connectivity index (χ1) is 11.9. The topological polar surface area (TPSA) is 50.4 Å². The highest BCUT2D eigenvalue weighted by Crippen LogP contribution is 2.37. The molecule has 1 amide bonds. The lowest BCUT2D eigenvalue weighted by Crippen LogP contribution is -2.47. The third-order valence-corrected chi connectivity index (χ3v) is 5.30. The molecule has 25 heavy (non-hydrogen) atoms. The number of rotatable bonds is 7. The first-order valence-electron chi connectivity index (χ1n) is 9.53. The van der Waals surface area contributed by atoms with Crippen LogP contribution < -0.4 is 15.4 Å². The predicted molar refractivity (Wildman–Crippen MR) is 103 cm³/mol. The first kappa shape index (κ1) is 19.8. The summed E-state index contributed by atoms with van der Waals surface area (Å²) in [5.41, 5.74) is 1.50. The zero-order valence-electron chi connectivity index (χ0n) is 16.2. The Labute approximate surface area is 152 Å². The van der Waals surface area contributed by atoms with E-state index in [0.717, 1.165) is 12.2 Å². The number of carbonyl (C=O) groups is 1. The average molecular weight is 347 g/mol. The van der Waals surface area contributed by atoms with Crippen LogP contribution in [0.1, 0.15) is 52.0 Å². The number of hydrogen-bond acceptors (Lipinski definition) is 3. The summed E-state index contributed by atoms with van der Waals surface area (Å²) in [5.74, 6) is 1.60. The Balaban J connectivity index is 1.70. The Morgan fingerprint density at radius 2 is 1.84 bits per heavy atom. The molecule has 1 aromatic rings. The summed E-state index contributed by atoms with van der Waals surface area (Å²) in [6, 6.07) is 8.45. The number of hydrogen-bond donors (Lipinski definition) is 2. The second-order valence-electron chi connectivity index (χ2n) is 8.19. The average Bonchev–Trinajstić information content (AvgIpc) is 2.60. The van der Waals surface area contributed by atoms with Crippen LogP contribution in [0.15, 0.2) is 24.3 Å². The summed E-state index contributed by atoms with van der Waals surface area (Å²) in [4.78, 5) is 12.1. The van der Waals surface area contributed by atoms with Crippen molar-refractivity contribution in [2.45, 2.75) is 58.9 Å². The fourth-order valence-corrected chi connectivity index (χ4v) is 3.84. The fourth-order valence-electron chi connectivity index (χ4n) is 3.84. The zero-order valence-corrected chi connectivity index (χ0v) is 16.2. The quantitative estimate of drug-likeness (QED) is 0.794. The van der Waals surface area contributed by atoms with Gasteiger partial charge in [-0.25, -0.2) is 0 Å². The van der Waals surface area contributed by atoms with E-state index in [1.807, 2.05) is 24.3 Å². The molecule has 0 bridgehead atoms. The molecule has 0 saturated heterocycles. The van der Waals surface area contributed by atoms with Crippen molar-refractivity contribution in [2.75, 3.05) is 20.2 Å². The molecule has 0 aromatic heterocycles. The van der Waals surface area contributed by atoms with Gasteiger partial charge in [0.05, 0.1) is 13.7 Å². The molecule has 140 valence electrons. The van der Waals surface area contributed by atoms with Crippen LogP contribution in [0.2, 0.25) is 0 Å². The minimum atomic E-state index is 0.0896. The third kappa shape index (κ3) is 6.35. The van der Waals surface area contributed by atoms with Gasteiger partial charge in [0.2, 0.25) is 5.91 Å². The highest BCUT2D eigenvalue weighted by atomic mass is 16.5. The Kier molecular flexibility index (Phi) is 7.30. The van der Waals surface area contributed by atoms with Crippen molar-refractivity contribution < 1.29 is 9.53 Å². The first-order valence-corrected chi connectivity index (χ1v) is 9.53. The molecular formula is C21H34N2O2. The molecule has 1 aliphatic carbocycles. The van der Waals surface area contributed by atoms with Crippen LogP contribution in [0.4, 0.5) is 0 Å². The summed E-state index contributed by atoms with van der Waals surface area (Å²) in [6.07, 6.45) is 5.86. The molecule has 4 heteroatoms. The maximum Gasteiger partial charge on any atom is 0.233 e. The summed E-state index contributed by atoms with van der Waals surface area (Å²) < 4.78 is 5.16. The lowest BCUT2D eigenvalue weighted by atomic mass is 9.69. The molecule has 2 atom stereocenters. The van der Waals surface area contributed by atoms with E-state index in [-0.39, 0.29) is 5.91 Å². The van der Waals surface area contributed by atoms with Crippen molar-refractivity contribution in [1.82, 2.24) is 10.6 Å². The number of amides is 1. The Morgan fingerprint density at radius 1 is 1.16 bits per heavy atom. The van der Waals surface area contributed by atoms with E-state index >= 15 is 0 Å². The monoisotopic (exact) mass is 346 g/mol. The van der Waals surface area contributed by atoms with Crippen LogP contribution in [0.5, 0.6) is 5.75 Å². The van der Waals surface area contributed by atoms with Gasteiger partial charge in [0.25, 0.3) is 0 Å². The van der Waals surface area contributed by atoms with Crippen LogP contribution in [0, 0.1) is 11.3 Å². The van der Waals surface area contributed by atoms with E-state index < -0.39 is 0 Å². The van der Waals surface area contributed by atoms with Crippen LogP contribution >= 0.6 is 0 Å². The molecule has 2 unspecified atom stereocenters. The van der Waals surface area contributed by atoms with Crippen molar-refractivity contribution in [1.29, 1.82) is 0 Å². The lowest BCUT2D eigenvalue weighted by Gasteiger charge is -2.40. The van der Waals surface area contributed by atoms with E-state index in [0.29, 0.717) is 30.5 Å². The molecule has 0 spiro atoms. The van der Waals surface area contributed by atoms with Gasteiger partial charge in [0, 0.05) is 12.6 Å². The molecule has 4 nitrogen and oxygen atoms in total. The van der Waals surface area contributed by atoms with E-state index in [9.17, 15) is 4.79 Å². The maximum atomic E-state index is 12.1. The molecule has 2 rings (SSSR count). The number of nitrogens with one attached hydrogen (secondary N) is 2. The maximum absolute atomic E-state index is 12.1. The van der Waals surface area contributed by atoms with Crippen molar-refractivity contribution in [2.24, 2.45) is 11.3 Å². The highest BCUT2D eigenvalue weighted by Gasteiger charge is 2.33. The van der Waals surface area contributed by atoms with Gasteiger partial charge < -0.3 is 15.4 Å². The Hall–Kier alpha value is -1.55. The number of carbonyl (C=O) groups excluding carboxylic acids is 1. The van der Waals surface area contributed by atoms with Crippen molar-refractivity contribution in [3.8, 4) is 5.75 Å². The molecule has 0 heterocycles.